The lowest BCUT2D eigenvalue weighted by atomic mass is 9.71. The Morgan fingerprint density at radius 2 is 1.80 bits per heavy atom. The van der Waals surface area contributed by atoms with Crippen LogP contribution in [-0.2, 0) is 4.74 Å². The number of likely N-dealkylation sites (tertiary alicyclic amines) is 1. The van der Waals surface area contributed by atoms with E-state index in [1.807, 2.05) is 7.11 Å². The summed E-state index contributed by atoms with van der Waals surface area (Å²) in [6.07, 6.45) is 13.9. The molecule has 3 aliphatic rings. The minimum absolute atomic E-state index is 0.133. The van der Waals surface area contributed by atoms with Gasteiger partial charge in [-0.05, 0) is 51.0 Å². The van der Waals surface area contributed by atoms with E-state index >= 15 is 0 Å². The molecule has 2 N–H and O–H groups in total. The smallest absolute Gasteiger partial charge is 0.0767 e. The molecular formula is C17H32N2O. The summed E-state index contributed by atoms with van der Waals surface area (Å²) in [6.45, 7) is 2.02. The molecule has 2 saturated carbocycles. The number of ether oxygens (including phenoxy) is 1. The first-order valence-electron chi connectivity index (χ1n) is 8.81. The van der Waals surface area contributed by atoms with Crippen LogP contribution in [-0.4, -0.2) is 42.8 Å². The molecule has 0 aromatic rings. The van der Waals surface area contributed by atoms with Gasteiger partial charge in [0.2, 0.25) is 0 Å². The molecule has 0 amide bonds. The van der Waals surface area contributed by atoms with Gasteiger partial charge in [0.15, 0.2) is 0 Å². The van der Waals surface area contributed by atoms with Crippen molar-refractivity contribution in [3.8, 4) is 0 Å². The number of methoxy groups -OCH3 is 1. The van der Waals surface area contributed by atoms with E-state index in [0.29, 0.717) is 6.10 Å². The maximum atomic E-state index is 6.34. The van der Waals surface area contributed by atoms with Crippen LogP contribution in [0.15, 0.2) is 0 Å². The van der Waals surface area contributed by atoms with Gasteiger partial charge >= 0.3 is 0 Å². The Labute approximate surface area is 124 Å². The van der Waals surface area contributed by atoms with E-state index in [2.05, 4.69) is 4.90 Å². The molecule has 0 radical (unpaired) electrons. The Morgan fingerprint density at radius 1 is 1.05 bits per heavy atom. The van der Waals surface area contributed by atoms with Crippen molar-refractivity contribution in [3.05, 3.63) is 0 Å². The minimum atomic E-state index is 0.133. The van der Waals surface area contributed by atoms with Crippen LogP contribution >= 0.6 is 0 Å². The van der Waals surface area contributed by atoms with Gasteiger partial charge in [-0.3, -0.25) is 4.90 Å². The lowest BCUT2D eigenvalue weighted by Crippen LogP contribution is -2.68. The van der Waals surface area contributed by atoms with E-state index in [1.165, 1.54) is 70.8 Å². The van der Waals surface area contributed by atoms with E-state index < -0.39 is 0 Å². The minimum Gasteiger partial charge on any atom is -0.379 e. The first kappa shape index (κ1) is 14.8. The Kier molecular flexibility index (Phi) is 4.68. The first-order chi connectivity index (χ1) is 9.81. The molecule has 0 aromatic carbocycles. The maximum Gasteiger partial charge on any atom is 0.0767 e. The monoisotopic (exact) mass is 280 g/mol. The van der Waals surface area contributed by atoms with Gasteiger partial charge in [-0.1, -0.05) is 25.7 Å². The highest BCUT2D eigenvalue weighted by Crippen LogP contribution is 2.43. The molecule has 3 nitrogen and oxygen atoms in total. The molecule has 3 fully saturated rings. The van der Waals surface area contributed by atoms with Crippen molar-refractivity contribution in [2.24, 2.45) is 11.7 Å². The van der Waals surface area contributed by atoms with Crippen LogP contribution in [0.1, 0.15) is 64.2 Å². The second-order valence-corrected chi connectivity index (χ2v) is 7.23. The molecule has 0 spiro atoms. The van der Waals surface area contributed by atoms with Crippen molar-refractivity contribution >= 4 is 0 Å². The number of hydrogen-bond donors (Lipinski definition) is 1. The molecule has 3 heteroatoms. The normalized spacial score (nSPS) is 43.2. The van der Waals surface area contributed by atoms with E-state index in [9.17, 15) is 0 Å². The number of fused-ring (bicyclic) bond motifs is 1. The predicted molar refractivity (Wildman–Crippen MR) is 82.7 cm³/mol. The first-order valence-corrected chi connectivity index (χ1v) is 8.81. The van der Waals surface area contributed by atoms with Crippen molar-refractivity contribution in [3.63, 3.8) is 0 Å². The van der Waals surface area contributed by atoms with Gasteiger partial charge in [0.1, 0.15) is 0 Å². The summed E-state index contributed by atoms with van der Waals surface area (Å²) < 4.78 is 5.91. The number of piperidine rings is 1. The fourth-order valence-corrected chi connectivity index (χ4v) is 5.38. The zero-order valence-corrected chi connectivity index (χ0v) is 13.2. The molecular weight excluding hydrogens is 248 g/mol. The average Bonchev–Trinajstić information content (AvgIpc) is 2.54. The Hall–Kier alpha value is -0.120. The number of nitrogens with zero attached hydrogens (tertiary/aromatic N) is 1. The second kappa shape index (κ2) is 6.33. The molecule has 0 bridgehead atoms. The van der Waals surface area contributed by atoms with Gasteiger partial charge in [-0.15, -0.1) is 0 Å². The average molecular weight is 280 g/mol. The summed E-state index contributed by atoms with van der Waals surface area (Å²) in [5.41, 5.74) is 6.47. The van der Waals surface area contributed by atoms with Crippen LogP contribution in [0.25, 0.3) is 0 Å². The van der Waals surface area contributed by atoms with Gasteiger partial charge in [0, 0.05) is 19.7 Å². The van der Waals surface area contributed by atoms with Crippen molar-refractivity contribution in [1.29, 1.82) is 0 Å². The molecule has 116 valence electrons. The highest BCUT2D eigenvalue weighted by Gasteiger charge is 2.49. The summed E-state index contributed by atoms with van der Waals surface area (Å²) in [5, 5.41) is 0. The van der Waals surface area contributed by atoms with E-state index in [0.717, 1.165) is 18.5 Å². The van der Waals surface area contributed by atoms with Crippen molar-refractivity contribution < 1.29 is 4.74 Å². The maximum absolute atomic E-state index is 6.34. The quantitative estimate of drug-likeness (QED) is 0.864. The summed E-state index contributed by atoms with van der Waals surface area (Å²) in [5.74, 6) is 0.931. The van der Waals surface area contributed by atoms with Crippen LogP contribution < -0.4 is 5.73 Å². The number of nitrogens with two attached hydrogens (primary N) is 1. The fraction of sp³-hybridized carbons (Fsp3) is 1.00. The summed E-state index contributed by atoms with van der Waals surface area (Å²) in [4.78, 5) is 2.83. The molecule has 1 saturated heterocycles. The Morgan fingerprint density at radius 3 is 2.60 bits per heavy atom. The molecule has 2 aliphatic carbocycles. The summed E-state index contributed by atoms with van der Waals surface area (Å²) in [7, 11) is 1.89. The van der Waals surface area contributed by atoms with E-state index in [1.54, 1.807) is 0 Å². The Bertz CT molecular complexity index is 320. The molecule has 20 heavy (non-hydrogen) atoms. The third-order valence-electron chi connectivity index (χ3n) is 6.38. The number of hydrogen-bond acceptors (Lipinski definition) is 3. The highest BCUT2D eigenvalue weighted by atomic mass is 16.5. The summed E-state index contributed by atoms with van der Waals surface area (Å²) >= 11 is 0. The van der Waals surface area contributed by atoms with Gasteiger partial charge in [0.05, 0.1) is 11.6 Å². The van der Waals surface area contributed by atoms with Crippen molar-refractivity contribution in [1.82, 2.24) is 4.90 Å². The standard InChI is InChI=1S/C17H32N2O/c1-20-16-10-4-5-11-17(16,13-18)19-12-6-8-14-7-2-3-9-15(14)19/h14-16H,2-13,18H2,1H3/t14-,15-,16?,17?/m1/s1. The third-order valence-corrected chi connectivity index (χ3v) is 6.38. The van der Waals surface area contributed by atoms with E-state index in [-0.39, 0.29) is 5.54 Å². The van der Waals surface area contributed by atoms with Crippen molar-refractivity contribution in [2.45, 2.75) is 81.9 Å². The fourth-order valence-electron chi connectivity index (χ4n) is 5.38. The zero-order valence-electron chi connectivity index (χ0n) is 13.2. The van der Waals surface area contributed by atoms with Crippen LogP contribution in [0, 0.1) is 5.92 Å². The van der Waals surface area contributed by atoms with Crippen LogP contribution in [0.5, 0.6) is 0 Å². The van der Waals surface area contributed by atoms with Gasteiger partial charge < -0.3 is 10.5 Å². The molecule has 2 unspecified atom stereocenters. The molecule has 1 aliphatic heterocycles. The van der Waals surface area contributed by atoms with Gasteiger partial charge in [-0.2, -0.15) is 0 Å². The molecule has 0 aromatic heterocycles. The predicted octanol–water partition coefficient (Wildman–Crippen LogP) is 2.93. The highest BCUT2D eigenvalue weighted by molar-refractivity contribution is 5.05. The van der Waals surface area contributed by atoms with Crippen LogP contribution in [0.2, 0.25) is 0 Å². The van der Waals surface area contributed by atoms with Gasteiger partial charge in [-0.25, -0.2) is 0 Å². The van der Waals surface area contributed by atoms with E-state index in [4.69, 9.17) is 10.5 Å². The SMILES string of the molecule is COC1CCCCC1(CN)N1CCC[C@H]2CCCC[C@H]21. The second-order valence-electron chi connectivity index (χ2n) is 7.23. The Balaban J connectivity index is 1.86. The largest absolute Gasteiger partial charge is 0.379 e. The zero-order chi connectivity index (χ0) is 14.0. The molecule has 1 heterocycles. The molecule has 4 atom stereocenters. The lowest BCUT2D eigenvalue weighted by Gasteiger charge is -2.57. The van der Waals surface area contributed by atoms with Crippen molar-refractivity contribution in [2.75, 3.05) is 20.2 Å². The number of rotatable bonds is 3. The van der Waals surface area contributed by atoms with Crippen LogP contribution in [0.4, 0.5) is 0 Å². The lowest BCUT2D eigenvalue weighted by molar-refractivity contribution is -0.117. The third kappa shape index (κ3) is 2.42. The topological polar surface area (TPSA) is 38.5 Å². The summed E-state index contributed by atoms with van der Waals surface area (Å²) in [6, 6.07) is 0.789. The van der Waals surface area contributed by atoms with Crippen LogP contribution in [0.3, 0.4) is 0 Å². The molecule has 3 rings (SSSR count). The van der Waals surface area contributed by atoms with Gasteiger partial charge in [0.25, 0.3) is 0 Å².